The van der Waals surface area contributed by atoms with Gasteiger partial charge in [-0.2, -0.15) is 0 Å². The Morgan fingerprint density at radius 1 is 1.09 bits per heavy atom. The van der Waals surface area contributed by atoms with E-state index >= 15 is 0 Å². The maximum absolute atomic E-state index is 13.1. The number of amides is 1. The molecule has 0 aliphatic rings. The van der Waals surface area contributed by atoms with Crippen molar-refractivity contribution in [3.63, 3.8) is 0 Å². The molecule has 2 aromatic carbocycles. The third-order valence-corrected chi connectivity index (χ3v) is 5.71. The molecule has 1 amide bonds. The van der Waals surface area contributed by atoms with Crippen LogP contribution in [0.15, 0.2) is 81.3 Å². The van der Waals surface area contributed by atoms with E-state index in [1.165, 1.54) is 4.57 Å². The van der Waals surface area contributed by atoms with Gasteiger partial charge < -0.3 is 14.5 Å². The smallest absolute Gasteiger partial charge is 0.338 e. The van der Waals surface area contributed by atoms with Crippen LogP contribution < -0.4 is 10.9 Å². The molecule has 2 heterocycles. The fourth-order valence-electron chi connectivity index (χ4n) is 3.19. The van der Waals surface area contributed by atoms with Gasteiger partial charge in [0.2, 0.25) is 5.91 Å². The number of anilines is 1. The van der Waals surface area contributed by atoms with Crippen LogP contribution in [-0.4, -0.2) is 33.8 Å². The number of nitrogens with one attached hydrogen (secondary N) is 1. The van der Waals surface area contributed by atoms with Crippen LogP contribution in [0.1, 0.15) is 23.0 Å². The summed E-state index contributed by atoms with van der Waals surface area (Å²) in [7, 11) is 0. The Bertz CT molecular complexity index is 1330. The van der Waals surface area contributed by atoms with E-state index in [0.717, 1.165) is 11.8 Å². The first kappa shape index (κ1) is 22.3. The second-order valence-corrected chi connectivity index (χ2v) is 7.96. The van der Waals surface area contributed by atoms with Crippen molar-refractivity contribution in [3.05, 3.63) is 88.6 Å². The summed E-state index contributed by atoms with van der Waals surface area (Å²) in [5.41, 5.74) is 1.32. The monoisotopic (exact) mass is 463 g/mol. The van der Waals surface area contributed by atoms with Crippen LogP contribution in [0.3, 0.4) is 0 Å². The van der Waals surface area contributed by atoms with Crippen molar-refractivity contribution in [2.45, 2.75) is 18.6 Å². The lowest BCUT2D eigenvalue weighted by Crippen LogP contribution is -2.24. The number of thioether (sulfide) groups is 1. The molecule has 4 rings (SSSR count). The Morgan fingerprint density at radius 2 is 1.88 bits per heavy atom. The van der Waals surface area contributed by atoms with Crippen LogP contribution in [-0.2, 0) is 16.1 Å². The average molecular weight is 464 g/mol. The zero-order valence-corrected chi connectivity index (χ0v) is 18.6. The van der Waals surface area contributed by atoms with Gasteiger partial charge >= 0.3 is 5.97 Å². The molecule has 0 bridgehead atoms. The van der Waals surface area contributed by atoms with E-state index in [-0.39, 0.29) is 23.8 Å². The number of esters is 1. The number of carbonyl (C=O) groups excluding carboxylic acids is 2. The molecule has 0 radical (unpaired) electrons. The highest BCUT2D eigenvalue weighted by Gasteiger charge is 2.15. The minimum absolute atomic E-state index is 0.0442. The van der Waals surface area contributed by atoms with Crippen LogP contribution in [0, 0.1) is 0 Å². The summed E-state index contributed by atoms with van der Waals surface area (Å²) in [6.07, 6.45) is 1.54. The van der Waals surface area contributed by atoms with Gasteiger partial charge in [-0.3, -0.25) is 14.2 Å². The molecule has 4 aromatic rings. The second-order valence-electron chi connectivity index (χ2n) is 7.02. The lowest BCUT2D eigenvalue weighted by Gasteiger charge is -2.12. The maximum Gasteiger partial charge on any atom is 0.338 e. The Hall–Kier alpha value is -3.85. The molecule has 8 nitrogen and oxygen atoms in total. The first-order chi connectivity index (χ1) is 16.0. The highest BCUT2D eigenvalue weighted by atomic mass is 32.2. The van der Waals surface area contributed by atoms with Crippen molar-refractivity contribution in [2.75, 3.05) is 17.7 Å². The zero-order valence-electron chi connectivity index (χ0n) is 17.8. The summed E-state index contributed by atoms with van der Waals surface area (Å²) >= 11 is 1.16. The standard InChI is InChI=1S/C24H21N3O5S/c1-2-31-23(30)16-9-11-17(12-10-16)25-21(28)15-33-24-26-20-8-4-3-7-19(20)22(29)27(24)14-18-6-5-13-32-18/h3-13H,2,14-15H2,1H3,(H,25,28). The van der Waals surface area contributed by atoms with Gasteiger partial charge in [0.05, 0.1) is 41.6 Å². The molecule has 0 aliphatic carbocycles. The highest BCUT2D eigenvalue weighted by molar-refractivity contribution is 7.99. The van der Waals surface area contributed by atoms with Crippen LogP contribution in [0.4, 0.5) is 5.69 Å². The minimum atomic E-state index is -0.414. The molecule has 33 heavy (non-hydrogen) atoms. The molecule has 0 spiro atoms. The number of furan rings is 1. The number of hydrogen-bond acceptors (Lipinski definition) is 7. The molecule has 0 saturated heterocycles. The number of aromatic nitrogens is 2. The van der Waals surface area contributed by atoms with Crippen molar-refractivity contribution in [2.24, 2.45) is 0 Å². The number of para-hydroxylation sites is 1. The number of fused-ring (bicyclic) bond motifs is 1. The highest BCUT2D eigenvalue weighted by Crippen LogP contribution is 2.20. The van der Waals surface area contributed by atoms with Crippen molar-refractivity contribution >= 4 is 40.2 Å². The first-order valence-corrected chi connectivity index (χ1v) is 11.3. The number of ether oxygens (including phenoxy) is 1. The second kappa shape index (κ2) is 10.2. The molecule has 0 saturated carbocycles. The van der Waals surface area contributed by atoms with Gasteiger partial charge in [-0.05, 0) is 55.5 Å². The molecule has 168 valence electrons. The minimum Gasteiger partial charge on any atom is -0.467 e. The Balaban J connectivity index is 1.49. The summed E-state index contributed by atoms with van der Waals surface area (Å²) in [5.74, 6) is -0.0244. The summed E-state index contributed by atoms with van der Waals surface area (Å²) in [4.78, 5) is 41.9. The Morgan fingerprint density at radius 3 is 2.61 bits per heavy atom. The van der Waals surface area contributed by atoms with E-state index < -0.39 is 5.97 Å². The Kier molecular flexibility index (Phi) is 6.89. The van der Waals surface area contributed by atoms with Gasteiger partial charge in [-0.1, -0.05) is 23.9 Å². The average Bonchev–Trinajstić information content (AvgIpc) is 3.34. The molecule has 9 heteroatoms. The van der Waals surface area contributed by atoms with Gasteiger partial charge in [-0.15, -0.1) is 0 Å². The Labute approximate surface area is 193 Å². The summed E-state index contributed by atoms with van der Waals surface area (Å²) in [5, 5.41) is 3.70. The molecule has 0 aliphatic heterocycles. The van der Waals surface area contributed by atoms with Crippen LogP contribution in [0.25, 0.3) is 10.9 Å². The van der Waals surface area contributed by atoms with Gasteiger partial charge in [0, 0.05) is 5.69 Å². The number of nitrogens with zero attached hydrogens (tertiary/aromatic N) is 2. The van der Waals surface area contributed by atoms with Crippen molar-refractivity contribution < 1.29 is 18.7 Å². The van der Waals surface area contributed by atoms with E-state index in [2.05, 4.69) is 10.3 Å². The predicted octanol–water partition coefficient (Wildman–Crippen LogP) is 3.95. The van der Waals surface area contributed by atoms with Crippen molar-refractivity contribution in [1.29, 1.82) is 0 Å². The first-order valence-electron chi connectivity index (χ1n) is 10.3. The number of rotatable bonds is 8. The predicted molar refractivity (Wildman–Crippen MR) is 126 cm³/mol. The number of hydrogen-bond donors (Lipinski definition) is 1. The fraction of sp³-hybridized carbons (Fsp3) is 0.167. The largest absolute Gasteiger partial charge is 0.467 e. The maximum atomic E-state index is 13.1. The lowest BCUT2D eigenvalue weighted by atomic mass is 10.2. The number of benzene rings is 2. The van der Waals surface area contributed by atoms with Crippen LogP contribution in [0.2, 0.25) is 0 Å². The molecular weight excluding hydrogens is 442 g/mol. The van der Waals surface area contributed by atoms with Crippen molar-refractivity contribution in [3.8, 4) is 0 Å². The summed E-state index contributed by atoms with van der Waals surface area (Å²) in [6.45, 7) is 2.24. The van der Waals surface area contributed by atoms with E-state index in [1.807, 2.05) is 6.07 Å². The van der Waals surface area contributed by atoms with Gasteiger partial charge in [0.1, 0.15) is 5.76 Å². The van der Waals surface area contributed by atoms with E-state index in [0.29, 0.717) is 39.7 Å². The van der Waals surface area contributed by atoms with E-state index in [9.17, 15) is 14.4 Å². The topological polar surface area (TPSA) is 103 Å². The van der Waals surface area contributed by atoms with Crippen molar-refractivity contribution in [1.82, 2.24) is 9.55 Å². The molecule has 1 N–H and O–H groups in total. The molecule has 0 atom stereocenters. The quantitative estimate of drug-likeness (QED) is 0.240. The number of carbonyl (C=O) groups is 2. The molecule has 0 unspecified atom stereocenters. The third kappa shape index (κ3) is 5.32. The SMILES string of the molecule is CCOC(=O)c1ccc(NC(=O)CSc2nc3ccccc3c(=O)n2Cc2ccco2)cc1. The van der Waals surface area contributed by atoms with Crippen LogP contribution in [0.5, 0.6) is 0 Å². The molecular formula is C24H21N3O5S. The third-order valence-electron chi connectivity index (χ3n) is 4.73. The summed E-state index contributed by atoms with van der Waals surface area (Å²) in [6, 6.07) is 17.1. The van der Waals surface area contributed by atoms with E-state index in [1.54, 1.807) is 67.8 Å². The lowest BCUT2D eigenvalue weighted by molar-refractivity contribution is -0.113. The normalized spacial score (nSPS) is 10.8. The molecule has 0 fully saturated rings. The fourth-order valence-corrected chi connectivity index (χ4v) is 3.99. The van der Waals surface area contributed by atoms with Gasteiger partial charge in [0.15, 0.2) is 5.16 Å². The zero-order chi connectivity index (χ0) is 23.2. The van der Waals surface area contributed by atoms with E-state index in [4.69, 9.17) is 9.15 Å². The van der Waals surface area contributed by atoms with Gasteiger partial charge in [-0.25, -0.2) is 9.78 Å². The molecule has 2 aromatic heterocycles. The summed E-state index contributed by atoms with van der Waals surface area (Å²) < 4.78 is 11.9. The van der Waals surface area contributed by atoms with Gasteiger partial charge in [0.25, 0.3) is 5.56 Å². The van der Waals surface area contributed by atoms with Crippen LogP contribution >= 0.6 is 11.8 Å².